The monoisotopic (exact) mass is 366 g/mol. The van der Waals surface area contributed by atoms with Crippen molar-refractivity contribution in [2.45, 2.75) is 20.0 Å². The molecule has 0 spiro atoms. The molecule has 1 atom stereocenters. The lowest BCUT2D eigenvalue weighted by Gasteiger charge is -2.37. The fraction of sp³-hybridized carbons (Fsp3) is 0.318. The van der Waals surface area contributed by atoms with Crippen molar-refractivity contribution in [3.8, 4) is 11.5 Å². The SMILES string of the molecule is C=CCN1C(=O)c2ccccc2NC1c1ccc(OCC(C)C)c(OC)c1. The van der Waals surface area contributed by atoms with Crippen LogP contribution >= 0.6 is 0 Å². The van der Waals surface area contributed by atoms with Crippen LogP contribution in [-0.2, 0) is 0 Å². The van der Waals surface area contributed by atoms with Gasteiger partial charge < -0.3 is 19.7 Å². The van der Waals surface area contributed by atoms with Gasteiger partial charge in [0.1, 0.15) is 6.17 Å². The van der Waals surface area contributed by atoms with E-state index >= 15 is 0 Å². The van der Waals surface area contributed by atoms with Gasteiger partial charge in [0.15, 0.2) is 11.5 Å². The summed E-state index contributed by atoms with van der Waals surface area (Å²) < 4.78 is 11.4. The molecule has 1 aliphatic rings. The quantitative estimate of drug-likeness (QED) is 0.734. The Hall–Kier alpha value is -2.95. The lowest BCUT2D eigenvalue weighted by atomic mass is 10.0. The van der Waals surface area contributed by atoms with Crippen LogP contribution in [0.3, 0.4) is 0 Å². The molecule has 0 saturated carbocycles. The number of hydrogen-bond donors (Lipinski definition) is 1. The predicted molar refractivity (Wildman–Crippen MR) is 107 cm³/mol. The highest BCUT2D eigenvalue weighted by atomic mass is 16.5. The first-order chi connectivity index (χ1) is 13.0. The van der Waals surface area contributed by atoms with Crippen LogP contribution in [0.2, 0.25) is 0 Å². The molecule has 2 aromatic rings. The third-order valence-corrected chi connectivity index (χ3v) is 4.42. The molecule has 5 heteroatoms. The summed E-state index contributed by atoms with van der Waals surface area (Å²) in [5, 5.41) is 3.46. The van der Waals surface area contributed by atoms with Gasteiger partial charge in [0.2, 0.25) is 0 Å². The third-order valence-electron chi connectivity index (χ3n) is 4.42. The van der Waals surface area contributed by atoms with Crippen LogP contribution in [0, 0.1) is 5.92 Å². The first kappa shape index (κ1) is 18.8. The molecule has 1 aliphatic heterocycles. The summed E-state index contributed by atoms with van der Waals surface area (Å²) in [6.07, 6.45) is 1.43. The maximum atomic E-state index is 13.0. The van der Waals surface area contributed by atoms with Gasteiger partial charge in [-0.3, -0.25) is 4.79 Å². The van der Waals surface area contributed by atoms with E-state index in [9.17, 15) is 4.79 Å². The summed E-state index contributed by atoms with van der Waals surface area (Å²) in [5.41, 5.74) is 2.42. The number of fused-ring (bicyclic) bond motifs is 1. The van der Waals surface area contributed by atoms with Crippen LogP contribution in [-0.4, -0.2) is 31.1 Å². The van der Waals surface area contributed by atoms with E-state index in [0.29, 0.717) is 36.1 Å². The minimum atomic E-state index is -0.307. The molecule has 0 fully saturated rings. The number of para-hydroxylation sites is 1. The molecule has 3 rings (SSSR count). The predicted octanol–water partition coefficient (Wildman–Crippen LogP) is 4.48. The smallest absolute Gasteiger partial charge is 0.258 e. The highest BCUT2D eigenvalue weighted by Gasteiger charge is 2.32. The summed E-state index contributed by atoms with van der Waals surface area (Å²) in [6.45, 7) is 9.06. The standard InChI is InChI=1S/C22H26N2O3/c1-5-12-24-21(23-18-9-7-6-8-17(18)22(24)25)16-10-11-19(20(13-16)26-4)27-14-15(2)3/h5-11,13,15,21,23H,1,12,14H2,2-4H3. The topological polar surface area (TPSA) is 50.8 Å². The third kappa shape index (κ3) is 3.92. The van der Waals surface area contributed by atoms with Gasteiger partial charge >= 0.3 is 0 Å². The summed E-state index contributed by atoms with van der Waals surface area (Å²) in [5.74, 6) is 1.76. The van der Waals surface area contributed by atoms with Crippen LogP contribution in [0.15, 0.2) is 55.1 Å². The van der Waals surface area contributed by atoms with E-state index in [1.807, 2.05) is 42.5 Å². The molecule has 0 aliphatic carbocycles. The number of rotatable bonds is 7. The fourth-order valence-electron chi connectivity index (χ4n) is 3.11. The van der Waals surface area contributed by atoms with Crippen LogP contribution in [0.1, 0.15) is 35.9 Å². The van der Waals surface area contributed by atoms with Gasteiger partial charge in [0.25, 0.3) is 5.91 Å². The van der Waals surface area contributed by atoms with E-state index < -0.39 is 0 Å². The first-order valence-corrected chi connectivity index (χ1v) is 9.13. The average Bonchev–Trinajstić information content (AvgIpc) is 2.68. The normalized spacial score (nSPS) is 15.9. The zero-order valence-corrected chi connectivity index (χ0v) is 16.1. The Balaban J connectivity index is 1.96. The molecule has 1 N–H and O–H groups in total. The Morgan fingerprint density at radius 2 is 2.00 bits per heavy atom. The number of benzene rings is 2. The summed E-state index contributed by atoms with van der Waals surface area (Å²) in [7, 11) is 1.62. The van der Waals surface area contributed by atoms with Crippen LogP contribution in [0.25, 0.3) is 0 Å². The van der Waals surface area contributed by atoms with E-state index in [4.69, 9.17) is 9.47 Å². The highest BCUT2D eigenvalue weighted by molar-refractivity contribution is 6.01. The number of nitrogens with one attached hydrogen (secondary N) is 1. The summed E-state index contributed by atoms with van der Waals surface area (Å²) in [6, 6.07) is 13.3. The van der Waals surface area contributed by atoms with Gasteiger partial charge in [-0.1, -0.05) is 38.1 Å². The van der Waals surface area contributed by atoms with E-state index in [1.54, 1.807) is 18.1 Å². The van der Waals surface area contributed by atoms with E-state index in [1.165, 1.54) is 0 Å². The number of amides is 1. The van der Waals surface area contributed by atoms with Crippen molar-refractivity contribution in [3.05, 3.63) is 66.2 Å². The van der Waals surface area contributed by atoms with E-state index in [0.717, 1.165) is 11.3 Å². The number of methoxy groups -OCH3 is 1. The Morgan fingerprint density at radius 3 is 2.70 bits per heavy atom. The summed E-state index contributed by atoms with van der Waals surface area (Å²) >= 11 is 0. The minimum Gasteiger partial charge on any atom is -0.493 e. The molecule has 2 aromatic carbocycles. The Bertz CT molecular complexity index is 832. The van der Waals surface area contributed by atoms with Crippen molar-refractivity contribution in [1.82, 2.24) is 4.90 Å². The number of nitrogens with zero attached hydrogens (tertiary/aromatic N) is 1. The van der Waals surface area contributed by atoms with Crippen molar-refractivity contribution < 1.29 is 14.3 Å². The molecule has 0 aromatic heterocycles. The van der Waals surface area contributed by atoms with Gasteiger partial charge in [-0.25, -0.2) is 0 Å². The van der Waals surface area contributed by atoms with Gasteiger partial charge in [-0.2, -0.15) is 0 Å². The van der Waals surface area contributed by atoms with Crippen molar-refractivity contribution in [1.29, 1.82) is 0 Å². The number of carbonyl (C=O) groups excluding carboxylic acids is 1. The molecule has 0 saturated heterocycles. The van der Waals surface area contributed by atoms with Crippen molar-refractivity contribution in [3.63, 3.8) is 0 Å². The average molecular weight is 366 g/mol. The number of anilines is 1. The van der Waals surface area contributed by atoms with Crippen molar-refractivity contribution in [2.75, 3.05) is 25.6 Å². The molecule has 1 amide bonds. The second-order valence-electron chi connectivity index (χ2n) is 6.95. The Labute approximate surface area is 160 Å². The number of hydrogen-bond acceptors (Lipinski definition) is 4. The molecule has 142 valence electrons. The van der Waals surface area contributed by atoms with E-state index in [-0.39, 0.29) is 12.1 Å². The number of ether oxygens (including phenoxy) is 2. The van der Waals surface area contributed by atoms with Gasteiger partial charge in [-0.15, -0.1) is 6.58 Å². The van der Waals surface area contributed by atoms with Gasteiger partial charge in [-0.05, 0) is 35.7 Å². The molecule has 27 heavy (non-hydrogen) atoms. The molecule has 5 nitrogen and oxygen atoms in total. The van der Waals surface area contributed by atoms with Crippen LogP contribution in [0.4, 0.5) is 5.69 Å². The number of carbonyl (C=O) groups is 1. The van der Waals surface area contributed by atoms with E-state index in [2.05, 4.69) is 25.7 Å². The first-order valence-electron chi connectivity index (χ1n) is 9.13. The lowest BCUT2D eigenvalue weighted by Crippen LogP contribution is -2.42. The summed E-state index contributed by atoms with van der Waals surface area (Å²) in [4.78, 5) is 14.7. The van der Waals surface area contributed by atoms with Gasteiger partial charge in [0, 0.05) is 12.2 Å². The molecule has 1 heterocycles. The Kier molecular flexibility index (Phi) is 5.69. The second kappa shape index (κ2) is 8.16. The molecule has 0 radical (unpaired) electrons. The van der Waals surface area contributed by atoms with Crippen molar-refractivity contribution >= 4 is 11.6 Å². The molecule has 1 unspecified atom stereocenters. The molecular formula is C22H26N2O3. The largest absolute Gasteiger partial charge is 0.493 e. The zero-order valence-electron chi connectivity index (χ0n) is 16.1. The van der Waals surface area contributed by atoms with Gasteiger partial charge in [0.05, 0.1) is 19.3 Å². The molecule has 0 bridgehead atoms. The molecular weight excluding hydrogens is 340 g/mol. The Morgan fingerprint density at radius 1 is 1.22 bits per heavy atom. The highest BCUT2D eigenvalue weighted by Crippen LogP contribution is 2.36. The second-order valence-corrected chi connectivity index (χ2v) is 6.95. The maximum Gasteiger partial charge on any atom is 0.258 e. The van der Waals surface area contributed by atoms with Crippen LogP contribution < -0.4 is 14.8 Å². The lowest BCUT2D eigenvalue weighted by molar-refractivity contribution is 0.0707. The fourth-order valence-corrected chi connectivity index (χ4v) is 3.11. The zero-order chi connectivity index (χ0) is 19.4. The van der Waals surface area contributed by atoms with Crippen LogP contribution in [0.5, 0.6) is 11.5 Å². The van der Waals surface area contributed by atoms with Crippen molar-refractivity contribution in [2.24, 2.45) is 5.92 Å². The maximum absolute atomic E-state index is 13.0. The minimum absolute atomic E-state index is 0.0200.